The summed E-state index contributed by atoms with van der Waals surface area (Å²) in [6.45, 7) is 4.07. The van der Waals surface area contributed by atoms with Crippen LogP contribution in [0, 0.1) is 5.92 Å². The fourth-order valence-corrected chi connectivity index (χ4v) is 2.61. The van der Waals surface area contributed by atoms with Gasteiger partial charge in [0.1, 0.15) is 6.10 Å². The molecule has 0 N–H and O–H groups in total. The van der Waals surface area contributed by atoms with Gasteiger partial charge in [-0.25, -0.2) is 9.78 Å². The van der Waals surface area contributed by atoms with Crippen LogP contribution < -0.4 is 0 Å². The molecular formula is C12H20O4. The second-order valence-electron chi connectivity index (χ2n) is 4.77. The minimum atomic E-state index is -0.531. The average molecular weight is 228 g/mol. The standard InChI is InChI=1S/C12H20O4/c1-8-5-6-9-7-10(8)15-16-12(9,2)11(13-3)14-4/h5,9-11H,6-7H2,1-4H3/t9-,10-,12-/m0/s1. The van der Waals surface area contributed by atoms with E-state index in [-0.39, 0.29) is 6.10 Å². The predicted octanol–water partition coefficient (Wildman–Crippen LogP) is 2.05. The Morgan fingerprint density at radius 3 is 2.75 bits per heavy atom. The van der Waals surface area contributed by atoms with Crippen LogP contribution in [0.5, 0.6) is 0 Å². The number of hydrogen-bond donors (Lipinski definition) is 0. The number of hydrogen-bond acceptors (Lipinski definition) is 4. The number of ether oxygens (including phenoxy) is 2. The van der Waals surface area contributed by atoms with Gasteiger partial charge in [0.2, 0.25) is 0 Å². The van der Waals surface area contributed by atoms with Crippen LogP contribution in [0.25, 0.3) is 0 Å². The Balaban J connectivity index is 2.19. The molecule has 92 valence electrons. The van der Waals surface area contributed by atoms with E-state index in [0.717, 1.165) is 12.8 Å². The Morgan fingerprint density at radius 2 is 2.12 bits per heavy atom. The fraction of sp³-hybridized carbons (Fsp3) is 0.833. The summed E-state index contributed by atoms with van der Waals surface area (Å²) >= 11 is 0. The van der Waals surface area contributed by atoms with Crippen molar-refractivity contribution < 1.29 is 19.2 Å². The van der Waals surface area contributed by atoms with Crippen LogP contribution in [0.15, 0.2) is 11.6 Å². The molecular weight excluding hydrogens is 208 g/mol. The van der Waals surface area contributed by atoms with Crippen LogP contribution in [0.2, 0.25) is 0 Å². The number of methoxy groups -OCH3 is 2. The molecule has 0 radical (unpaired) electrons. The summed E-state index contributed by atoms with van der Waals surface area (Å²) in [7, 11) is 3.25. The Labute approximate surface area is 96.4 Å². The molecule has 1 fully saturated rings. The van der Waals surface area contributed by atoms with Crippen molar-refractivity contribution in [3.63, 3.8) is 0 Å². The largest absolute Gasteiger partial charge is 0.353 e. The molecule has 1 saturated heterocycles. The maximum atomic E-state index is 5.56. The molecule has 16 heavy (non-hydrogen) atoms. The van der Waals surface area contributed by atoms with Crippen molar-refractivity contribution in [2.45, 2.75) is 44.7 Å². The molecule has 4 nitrogen and oxygen atoms in total. The van der Waals surface area contributed by atoms with Gasteiger partial charge in [-0.1, -0.05) is 6.08 Å². The Morgan fingerprint density at radius 1 is 1.44 bits per heavy atom. The van der Waals surface area contributed by atoms with E-state index < -0.39 is 11.9 Å². The lowest BCUT2D eigenvalue weighted by atomic mass is 9.76. The Kier molecular flexibility index (Phi) is 3.35. The molecule has 1 aliphatic heterocycles. The number of fused-ring (bicyclic) bond motifs is 2. The maximum Gasteiger partial charge on any atom is 0.189 e. The summed E-state index contributed by atoms with van der Waals surface area (Å²) in [5, 5.41) is 0. The molecule has 2 rings (SSSR count). The molecule has 2 aliphatic rings. The first-order valence-corrected chi connectivity index (χ1v) is 5.68. The van der Waals surface area contributed by atoms with E-state index in [9.17, 15) is 0 Å². The van der Waals surface area contributed by atoms with Gasteiger partial charge in [0.25, 0.3) is 0 Å². The zero-order valence-electron chi connectivity index (χ0n) is 10.4. The average Bonchev–Trinajstić information content (AvgIpc) is 2.29. The van der Waals surface area contributed by atoms with Crippen LogP contribution >= 0.6 is 0 Å². The molecule has 3 atom stereocenters. The summed E-state index contributed by atoms with van der Waals surface area (Å²) in [4.78, 5) is 11.0. The van der Waals surface area contributed by atoms with Gasteiger partial charge in [-0.2, -0.15) is 0 Å². The molecule has 0 saturated carbocycles. The van der Waals surface area contributed by atoms with E-state index in [1.807, 2.05) is 6.92 Å². The first-order valence-electron chi connectivity index (χ1n) is 5.68. The van der Waals surface area contributed by atoms with E-state index in [4.69, 9.17) is 19.2 Å². The summed E-state index contributed by atoms with van der Waals surface area (Å²) < 4.78 is 10.6. The van der Waals surface area contributed by atoms with Crippen molar-refractivity contribution in [3.05, 3.63) is 11.6 Å². The fourth-order valence-electron chi connectivity index (χ4n) is 2.61. The maximum absolute atomic E-state index is 5.56. The van der Waals surface area contributed by atoms with Gasteiger partial charge in [0, 0.05) is 20.1 Å². The second-order valence-corrected chi connectivity index (χ2v) is 4.77. The van der Waals surface area contributed by atoms with Gasteiger partial charge >= 0.3 is 0 Å². The monoisotopic (exact) mass is 228 g/mol. The zero-order valence-corrected chi connectivity index (χ0v) is 10.4. The van der Waals surface area contributed by atoms with Crippen molar-refractivity contribution in [2.75, 3.05) is 14.2 Å². The number of rotatable bonds is 3. The minimum absolute atomic E-state index is 0.0983. The number of allylic oxidation sites excluding steroid dienone is 1. The summed E-state index contributed by atoms with van der Waals surface area (Å²) in [5.74, 6) is 0.375. The van der Waals surface area contributed by atoms with Crippen LogP contribution in [-0.4, -0.2) is 32.2 Å². The lowest BCUT2D eigenvalue weighted by molar-refractivity contribution is -0.448. The Hall–Kier alpha value is -0.420. The van der Waals surface area contributed by atoms with Gasteiger partial charge in [0.05, 0.1) is 0 Å². The van der Waals surface area contributed by atoms with Gasteiger partial charge in [-0.05, 0) is 32.3 Å². The highest BCUT2D eigenvalue weighted by Gasteiger charge is 2.50. The lowest BCUT2D eigenvalue weighted by Gasteiger charge is -2.47. The van der Waals surface area contributed by atoms with Crippen LogP contribution in [-0.2, 0) is 19.2 Å². The molecule has 0 unspecified atom stereocenters. The van der Waals surface area contributed by atoms with Gasteiger partial charge in [-0.15, -0.1) is 0 Å². The predicted molar refractivity (Wildman–Crippen MR) is 58.7 cm³/mol. The van der Waals surface area contributed by atoms with Crippen molar-refractivity contribution >= 4 is 0 Å². The van der Waals surface area contributed by atoms with E-state index >= 15 is 0 Å². The zero-order chi connectivity index (χ0) is 11.8. The molecule has 0 aromatic carbocycles. The quantitative estimate of drug-likeness (QED) is 0.421. The normalized spacial score (nSPS) is 38.7. The third-order valence-corrected chi connectivity index (χ3v) is 3.78. The van der Waals surface area contributed by atoms with Crippen molar-refractivity contribution in [3.8, 4) is 0 Å². The molecule has 0 aromatic rings. The molecule has 0 amide bonds. The SMILES string of the molecule is COC(OC)[C@@]1(C)OO[C@H]2C[C@@H]1CC=C2C. The second kappa shape index (κ2) is 4.45. The molecule has 1 aliphatic carbocycles. The van der Waals surface area contributed by atoms with Crippen molar-refractivity contribution in [1.82, 2.24) is 0 Å². The molecule has 0 spiro atoms. The van der Waals surface area contributed by atoms with Crippen molar-refractivity contribution in [1.29, 1.82) is 0 Å². The van der Waals surface area contributed by atoms with Gasteiger partial charge in [0.15, 0.2) is 11.9 Å². The molecule has 1 heterocycles. The summed E-state index contributed by atoms with van der Waals surface area (Å²) in [5.41, 5.74) is 0.724. The van der Waals surface area contributed by atoms with Gasteiger partial charge in [-0.3, -0.25) is 0 Å². The first-order chi connectivity index (χ1) is 7.61. The molecule has 0 aromatic heterocycles. The lowest BCUT2D eigenvalue weighted by Crippen LogP contribution is -2.55. The van der Waals surface area contributed by atoms with Crippen LogP contribution in [0.4, 0.5) is 0 Å². The van der Waals surface area contributed by atoms with E-state index in [1.165, 1.54) is 5.57 Å². The highest BCUT2D eigenvalue weighted by molar-refractivity contribution is 5.13. The van der Waals surface area contributed by atoms with Crippen LogP contribution in [0.1, 0.15) is 26.7 Å². The molecule has 4 heteroatoms. The smallest absolute Gasteiger partial charge is 0.189 e. The third-order valence-electron chi connectivity index (χ3n) is 3.78. The van der Waals surface area contributed by atoms with E-state index in [0.29, 0.717) is 5.92 Å². The Bertz CT molecular complexity index is 285. The topological polar surface area (TPSA) is 36.9 Å². The van der Waals surface area contributed by atoms with E-state index in [1.54, 1.807) is 14.2 Å². The van der Waals surface area contributed by atoms with Crippen molar-refractivity contribution in [2.24, 2.45) is 5.92 Å². The highest BCUT2D eigenvalue weighted by Crippen LogP contribution is 2.43. The summed E-state index contributed by atoms with van der Waals surface area (Å²) in [6.07, 6.45) is 3.89. The highest BCUT2D eigenvalue weighted by atomic mass is 17.2. The minimum Gasteiger partial charge on any atom is -0.353 e. The van der Waals surface area contributed by atoms with E-state index in [2.05, 4.69) is 13.0 Å². The first kappa shape index (κ1) is 12.0. The third kappa shape index (κ3) is 1.80. The van der Waals surface area contributed by atoms with Crippen LogP contribution in [0.3, 0.4) is 0 Å². The molecule has 2 bridgehead atoms. The van der Waals surface area contributed by atoms with Gasteiger partial charge < -0.3 is 9.47 Å². The summed E-state index contributed by atoms with van der Waals surface area (Å²) in [6, 6.07) is 0.